The Kier molecular flexibility index (Phi) is 4.67. The first-order valence-electron chi connectivity index (χ1n) is 6.51. The number of rotatable bonds is 5. The molecule has 22 heavy (non-hydrogen) atoms. The lowest BCUT2D eigenvalue weighted by Crippen LogP contribution is -2.27. The second-order valence-electron chi connectivity index (χ2n) is 4.54. The maximum atomic E-state index is 12.1. The highest BCUT2D eigenvalue weighted by atomic mass is 16.5. The molecule has 3 N–H and O–H groups in total. The smallest absolute Gasteiger partial charge is 0.251 e. The molecule has 0 spiro atoms. The van der Waals surface area contributed by atoms with Crippen LogP contribution in [-0.4, -0.2) is 24.7 Å². The molecule has 7 heteroatoms. The molecule has 0 unspecified atom stereocenters. The van der Waals surface area contributed by atoms with Gasteiger partial charge in [0.2, 0.25) is 5.91 Å². The lowest BCUT2D eigenvalue weighted by Gasteiger charge is -2.12. The Bertz CT molecular complexity index is 740. The van der Waals surface area contributed by atoms with E-state index >= 15 is 0 Å². The molecule has 0 bridgehead atoms. The topological polar surface area (TPSA) is 95.6 Å². The van der Waals surface area contributed by atoms with Crippen molar-refractivity contribution in [2.24, 2.45) is 0 Å². The number of anilines is 2. The van der Waals surface area contributed by atoms with Crippen LogP contribution in [0.25, 0.3) is 0 Å². The van der Waals surface area contributed by atoms with Crippen LogP contribution in [0.1, 0.15) is 0 Å². The van der Waals surface area contributed by atoms with Crippen LogP contribution in [0.4, 0.5) is 11.4 Å². The summed E-state index contributed by atoms with van der Waals surface area (Å²) in [5, 5.41) is 2.69. The average molecular weight is 303 g/mol. The number of amides is 1. The third kappa shape index (κ3) is 3.57. The van der Waals surface area contributed by atoms with Crippen molar-refractivity contribution in [3.63, 3.8) is 0 Å². The molecule has 1 heterocycles. The lowest BCUT2D eigenvalue weighted by molar-refractivity contribution is -0.116. The molecule has 116 valence electrons. The number of hydrogen-bond donors (Lipinski definition) is 2. The van der Waals surface area contributed by atoms with Gasteiger partial charge in [0.15, 0.2) is 0 Å². The van der Waals surface area contributed by atoms with Crippen LogP contribution in [0.15, 0.2) is 41.3 Å². The molecule has 0 radical (unpaired) electrons. The second-order valence-corrected chi connectivity index (χ2v) is 4.54. The van der Waals surface area contributed by atoms with Crippen molar-refractivity contribution < 1.29 is 14.3 Å². The maximum absolute atomic E-state index is 12.1. The Morgan fingerprint density at radius 2 is 2.00 bits per heavy atom. The van der Waals surface area contributed by atoms with Crippen molar-refractivity contribution in [3.8, 4) is 11.5 Å². The van der Waals surface area contributed by atoms with E-state index in [2.05, 4.69) is 5.32 Å². The van der Waals surface area contributed by atoms with Crippen molar-refractivity contribution in [1.29, 1.82) is 0 Å². The normalized spacial score (nSPS) is 10.1. The predicted octanol–water partition coefficient (Wildman–Crippen LogP) is 1.09. The highest BCUT2D eigenvalue weighted by Crippen LogP contribution is 2.28. The standard InChI is InChI=1S/C15H17N3O4/c1-21-11-4-5-12(13(7-11)22-2)17-14(19)9-18-8-10(16)3-6-15(18)20/h3-8H,9,16H2,1-2H3,(H,17,19). The molecule has 0 saturated carbocycles. The van der Waals surface area contributed by atoms with Crippen LogP contribution >= 0.6 is 0 Å². The van der Waals surface area contributed by atoms with E-state index in [0.717, 1.165) is 0 Å². The van der Waals surface area contributed by atoms with Gasteiger partial charge in [-0.2, -0.15) is 0 Å². The Labute approximate surface area is 127 Å². The SMILES string of the molecule is COc1ccc(NC(=O)Cn2cc(N)ccc2=O)c(OC)c1. The summed E-state index contributed by atoms with van der Waals surface area (Å²) in [4.78, 5) is 23.7. The Morgan fingerprint density at radius 1 is 1.23 bits per heavy atom. The largest absolute Gasteiger partial charge is 0.497 e. The van der Waals surface area contributed by atoms with Gasteiger partial charge in [-0.1, -0.05) is 0 Å². The summed E-state index contributed by atoms with van der Waals surface area (Å²) in [6.45, 7) is -0.140. The average Bonchev–Trinajstić information content (AvgIpc) is 2.51. The van der Waals surface area contributed by atoms with E-state index in [1.54, 1.807) is 25.3 Å². The number of nitrogens with zero attached hydrogens (tertiary/aromatic N) is 1. The molecule has 2 aromatic rings. The molecule has 0 atom stereocenters. The van der Waals surface area contributed by atoms with Crippen molar-refractivity contribution in [2.75, 3.05) is 25.3 Å². The summed E-state index contributed by atoms with van der Waals surface area (Å²) in [5.41, 5.74) is 6.21. The molecule has 7 nitrogen and oxygen atoms in total. The number of carbonyl (C=O) groups is 1. The van der Waals surface area contributed by atoms with Crippen molar-refractivity contribution in [1.82, 2.24) is 4.57 Å². The van der Waals surface area contributed by atoms with Gasteiger partial charge in [-0.3, -0.25) is 9.59 Å². The van der Waals surface area contributed by atoms with Crippen molar-refractivity contribution >= 4 is 17.3 Å². The van der Waals surface area contributed by atoms with Crippen molar-refractivity contribution in [2.45, 2.75) is 6.54 Å². The van der Waals surface area contributed by atoms with Gasteiger partial charge in [0, 0.05) is 24.0 Å². The van der Waals surface area contributed by atoms with Crippen LogP contribution < -0.4 is 26.1 Å². The summed E-state index contributed by atoms with van der Waals surface area (Å²) in [7, 11) is 3.03. The fourth-order valence-electron chi connectivity index (χ4n) is 1.92. The van der Waals surface area contributed by atoms with Gasteiger partial charge < -0.3 is 25.1 Å². The molecule has 0 aliphatic carbocycles. The predicted molar refractivity (Wildman–Crippen MR) is 83.3 cm³/mol. The number of methoxy groups -OCH3 is 2. The first-order valence-corrected chi connectivity index (χ1v) is 6.51. The number of nitrogens with two attached hydrogens (primary N) is 1. The number of pyridine rings is 1. The molecule has 1 amide bonds. The number of benzene rings is 1. The summed E-state index contributed by atoms with van der Waals surface area (Å²) in [6.07, 6.45) is 1.42. The number of hydrogen-bond acceptors (Lipinski definition) is 5. The Hall–Kier alpha value is -2.96. The van der Waals surface area contributed by atoms with E-state index in [4.69, 9.17) is 15.2 Å². The highest BCUT2D eigenvalue weighted by molar-refractivity contribution is 5.92. The monoisotopic (exact) mass is 303 g/mol. The van der Waals surface area contributed by atoms with E-state index in [0.29, 0.717) is 22.9 Å². The van der Waals surface area contributed by atoms with Crippen LogP contribution in [0.2, 0.25) is 0 Å². The van der Waals surface area contributed by atoms with E-state index in [1.165, 1.54) is 30.0 Å². The summed E-state index contributed by atoms with van der Waals surface area (Å²) in [5.74, 6) is 0.714. The zero-order chi connectivity index (χ0) is 16.1. The molecular formula is C15H17N3O4. The van der Waals surface area contributed by atoms with Gasteiger partial charge in [0.1, 0.15) is 18.0 Å². The third-order valence-electron chi connectivity index (χ3n) is 3.00. The fourth-order valence-corrected chi connectivity index (χ4v) is 1.92. The quantitative estimate of drug-likeness (QED) is 0.862. The first-order chi connectivity index (χ1) is 10.5. The van der Waals surface area contributed by atoms with Gasteiger partial charge in [0.25, 0.3) is 5.56 Å². The molecule has 0 aliphatic heterocycles. The van der Waals surface area contributed by atoms with Crippen LogP contribution in [0.3, 0.4) is 0 Å². The minimum Gasteiger partial charge on any atom is -0.497 e. The first kappa shape index (κ1) is 15.4. The van der Waals surface area contributed by atoms with Gasteiger partial charge in [0.05, 0.1) is 19.9 Å². The van der Waals surface area contributed by atoms with E-state index in [-0.39, 0.29) is 18.0 Å². The zero-order valence-corrected chi connectivity index (χ0v) is 12.3. The third-order valence-corrected chi connectivity index (χ3v) is 3.00. The number of ether oxygens (including phenoxy) is 2. The maximum Gasteiger partial charge on any atom is 0.251 e. The van der Waals surface area contributed by atoms with Gasteiger partial charge in [-0.15, -0.1) is 0 Å². The van der Waals surface area contributed by atoms with Crippen molar-refractivity contribution in [3.05, 3.63) is 46.9 Å². The van der Waals surface area contributed by atoms with Gasteiger partial charge in [-0.25, -0.2) is 0 Å². The second kappa shape index (κ2) is 6.66. The molecule has 2 rings (SSSR count). The number of carbonyl (C=O) groups excluding carboxylic acids is 1. The molecule has 0 fully saturated rings. The Balaban J connectivity index is 2.15. The van der Waals surface area contributed by atoms with Crippen LogP contribution in [0.5, 0.6) is 11.5 Å². The summed E-state index contributed by atoms with van der Waals surface area (Å²) < 4.78 is 11.5. The molecule has 0 aliphatic rings. The summed E-state index contributed by atoms with van der Waals surface area (Å²) >= 11 is 0. The van der Waals surface area contributed by atoms with Gasteiger partial charge in [-0.05, 0) is 18.2 Å². The van der Waals surface area contributed by atoms with Gasteiger partial charge >= 0.3 is 0 Å². The highest BCUT2D eigenvalue weighted by Gasteiger charge is 2.10. The lowest BCUT2D eigenvalue weighted by atomic mass is 10.2. The van der Waals surface area contributed by atoms with Crippen LogP contribution in [-0.2, 0) is 11.3 Å². The molecule has 1 aromatic heterocycles. The Morgan fingerprint density at radius 3 is 2.68 bits per heavy atom. The zero-order valence-electron chi connectivity index (χ0n) is 12.3. The minimum atomic E-state index is -0.365. The fraction of sp³-hybridized carbons (Fsp3) is 0.200. The van der Waals surface area contributed by atoms with E-state index < -0.39 is 0 Å². The van der Waals surface area contributed by atoms with E-state index in [9.17, 15) is 9.59 Å². The van der Waals surface area contributed by atoms with E-state index in [1.807, 2.05) is 0 Å². The summed E-state index contributed by atoms with van der Waals surface area (Å²) in [6, 6.07) is 7.82. The molecule has 0 saturated heterocycles. The minimum absolute atomic E-state index is 0.140. The van der Waals surface area contributed by atoms with Crippen LogP contribution in [0, 0.1) is 0 Å². The molecule has 1 aromatic carbocycles. The number of nitrogen functional groups attached to an aromatic ring is 1. The molecular weight excluding hydrogens is 286 g/mol. The number of nitrogens with one attached hydrogen (secondary N) is 1. The number of aromatic nitrogens is 1.